The van der Waals surface area contributed by atoms with Crippen molar-refractivity contribution in [2.75, 3.05) is 0 Å². The highest BCUT2D eigenvalue weighted by atomic mass is 14.4. The molecular weight excluding hydrogens is 144 g/mol. The predicted molar refractivity (Wildman–Crippen MR) is 55.1 cm³/mol. The van der Waals surface area contributed by atoms with Gasteiger partial charge >= 0.3 is 0 Å². The fraction of sp³-hybridized carbons (Fsp3) is 0.833. The van der Waals surface area contributed by atoms with Crippen LogP contribution in [0.3, 0.4) is 0 Å². The van der Waals surface area contributed by atoms with Crippen molar-refractivity contribution >= 4 is 0 Å². The van der Waals surface area contributed by atoms with E-state index in [-0.39, 0.29) is 0 Å². The molecule has 1 aliphatic carbocycles. The van der Waals surface area contributed by atoms with E-state index in [1.807, 2.05) is 0 Å². The minimum atomic E-state index is 0.575. The van der Waals surface area contributed by atoms with E-state index in [0.717, 1.165) is 11.8 Å². The lowest BCUT2D eigenvalue weighted by Gasteiger charge is -2.39. The predicted octanol–water partition coefficient (Wildman–Crippen LogP) is 4.02. The normalized spacial score (nSPS) is 34.7. The molecule has 0 nitrogen and oxygen atoms in total. The van der Waals surface area contributed by atoms with Gasteiger partial charge in [-0.3, -0.25) is 0 Å². The molecule has 0 aromatic heterocycles. The fourth-order valence-electron chi connectivity index (χ4n) is 2.68. The van der Waals surface area contributed by atoms with Crippen LogP contribution in [0.4, 0.5) is 0 Å². The van der Waals surface area contributed by atoms with E-state index in [0.29, 0.717) is 5.41 Å². The first kappa shape index (κ1) is 9.83. The lowest BCUT2D eigenvalue weighted by molar-refractivity contribution is 0.148. The molecule has 1 rings (SSSR count). The topological polar surface area (TPSA) is 0 Å². The SMILES string of the molecule is C=C(C)C1CCC(C)(C)CC1C. The molecule has 2 unspecified atom stereocenters. The fourth-order valence-corrected chi connectivity index (χ4v) is 2.68. The first-order valence-electron chi connectivity index (χ1n) is 5.08. The van der Waals surface area contributed by atoms with Crippen LogP contribution in [0.25, 0.3) is 0 Å². The Bertz CT molecular complexity index is 176. The molecule has 70 valence electrons. The largest absolute Gasteiger partial charge is 0.0999 e. The summed E-state index contributed by atoms with van der Waals surface area (Å²) in [6.45, 7) is 13.4. The van der Waals surface area contributed by atoms with Crippen molar-refractivity contribution in [1.82, 2.24) is 0 Å². The Morgan fingerprint density at radius 3 is 2.42 bits per heavy atom. The van der Waals surface area contributed by atoms with Crippen LogP contribution < -0.4 is 0 Å². The van der Waals surface area contributed by atoms with Gasteiger partial charge in [0.25, 0.3) is 0 Å². The van der Waals surface area contributed by atoms with Crippen LogP contribution in [0, 0.1) is 17.3 Å². The highest BCUT2D eigenvalue weighted by molar-refractivity contribution is 5.01. The number of hydrogen-bond donors (Lipinski definition) is 0. The summed E-state index contributed by atoms with van der Waals surface area (Å²) in [4.78, 5) is 0. The molecule has 0 aromatic carbocycles. The van der Waals surface area contributed by atoms with E-state index < -0.39 is 0 Å². The zero-order chi connectivity index (χ0) is 9.35. The Morgan fingerprint density at radius 2 is 2.00 bits per heavy atom. The third kappa shape index (κ3) is 2.12. The first-order valence-corrected chi connectivity index (χ1v) is 5.08. The maximum Gasteiger partial charge on any atom is -0.0183 e. The van der Waals surface area contributed by atoms with Gasteiger partial charge in [0.05, 0.1) is 0 Å². The minimum Gasteiger partial charge on any atom is -0.0999 e. The maximum absolute atomic E-state index is 4.08. The summed E-state index contributed by atoms with van der Waals surface area (Å²) in [5, 5.41) is 0. The number of hydrogen-bond acceptors (Lipinski definition) is 0. The second-order valence-corrected chi connectivity index (χ2v) is 5.34. The van der Waals surface area contributed by atoms with Gasteiger partial charge in [0.1, 0.15) is 0 Å². The van der Waals surface area contributed by atoms with Gasteiger partial charge in [0, 0.05) is 0 Å². The van der Waals surface area contributed by atoms with Crippen molar-refractivity contribution < 1.29 is 0 Å². The van der Waals surface area contributed by atoms with E-state index in [4.69, 9.17) is 0 Å². The molecule has 1 aliphatic rings. The Hall–Kier alpha value is -0.260. The molecule has 0 bridgehead atoms. The standard InChI is InChI=1S/C12H22/c1-9(2)11-6-7-12(4,5)8-10(11)3/h10-11H,1,6-8H2,2-5H3. The average Bonchev–Trinajstić information content (AvgIpc) is 1.83. The van der Waals surface area contributed by atoms with E-state index in [2.05, 4.69) is 34.3 Å². The number of allylic oxidation sites excluding steroid dienone is 1. The van der Waals surface area contributed by atoms with Crippen LogP contribution in [0.15, 0.2) is 12.2 Å². The summed E-state index contributed by atoms with van der Waals surface area (Å²) < 4.78 is 0. The summed E-state index contributed by atoms with van der Waals surface area (Å²) >= 11 is 0. The zero-order valence-corrected chi connectivity index (χ0v) is 8.98. The molecule has 0 aromatic rings. The van der Waals surface area contributed by atoms with Gasteiger partial charge in [-0.25, -0.2) is 0 Å². The Balaban J connectivity index is 2.60. The van der Waals surface area contributed by atoms with Gasteiger partial charge in [-0.2, -0.15) is 0 Å². The lowest BCUT2D eigenvalue weighted by atomic mass is 9.66. The van der Waals surface area contributed by atoms with Gasteiger partial charge in [0.15, 0.2) is 0 Å². The molecular formula is C12H22. The Morgan fingerprint density at radius 1 is 1.42 bits per heavy atom. The molecule has 0 radical (unpaired) electrons. The van der Waals surface area contributed by atoms with Crippen LogP contribution in [-0.2, 0) is 0 Å². The van der Waals surface area contributed by atoms with E-state index in [1.54, 1.807) is 0 Å². The molecule has 12 heavy (non-hydrogen) atoms. The highest BCUT2D eigenvalue weighted by Crippen LogP contribution is 2.43. The lowest BCUT2D eigenvalue weighted by Crippen LogP contribution is -2.28. The third-order valence-corrected chi connectivity index (χ3v) is 3.33. The molecule has 0 saturated heterocycles. The van der Waals surface area contributed by atoms with Crippen molar-refractivity contribution in [3.63, 3.8) is 0 Å². The van der Waals surface area contributed by atoms with Gasteiger partial charge < -0.3 is 0 Å². The van der Waals surface area contributed by atoms with Gasteiger partial charge in [-0.1, -0.05) is 32.9 Å². The molecule has 0 aliphatic heterocycles. The van der Waals surface area contributed by atoms with E-state index in [9.17, 15) is 0 Å². The van der Waals surface area contributed by atoms with Crippen molar-refractivity contribution in [2.45, 2.75) is 47.0 Å². The molecule has 1 saturated carbocycles. The molecule has 0 amide bonds. The molecule has 0 N–H and O–H groups in total. The van der Waals surface area contributed by atoms with Crippen molar-refractivity contribution in [1.29, 1.82) is 0 Å². The molecule has 0 heterocycles. The summed E-state index contributed by atoms with van der Waals surface area (Å²) in [5.41, 5.74) is 1.96. The van der Waals surface area contributed by atoms with Crippen LogP contribution in [0.2, 0.25) is 0 Å². The van der Waals surface area contributed by atoms with Crippen LogP contribution in [-0.4, -0.2) is 0 Å². The molecule has 0 heteroatoms. The monoisotopic (exact) mass is 166 g/mol. The van der Waals surface area contributed by atoms with Gasteiger partial charge in [-0.05, 0) is 43.4 Å². The van der Waals surface area contributed by atoms with E-state index in [1.165, 1.54) is 24.8 Å². The molecule has 2 atom stereocenters. The third-order valence-electron chi connectivity index (χ3n) is 3.33. The summed E-state index contributed by atoms with van der Waals surface area (Å²) in [7, 11) is 0. The minimum absolute atomic E-state index is 0.575. The summed E-state index contributed by atoms with van der Waals surface area (Å²) in [5.74, 6) is 1.63. The van der Waals surface area contributed by atoms with Crippen LogP contribution in [0.1, 0.15) is 47.0 Å². The Kier molecular flexibility index (Phi) is 2.65. The average molecular weight is 166 g/mol. The smallest absolute Gasteiger partial charge is 0.0183 e. The quantitative estimate of drug-likeness (QED) is 0.516. The summed E-state index contributed by atoms with van der Waals surface area (Å²) in [6, 6.07) is 0. The van der Waals surface area contributed by atoms with Crippen molar-refractivity contribution in [2.24, 2.45) is 17.3 Å². The Labute approximate surface area is 77.1 Å². The zero-order valence-electron chi connectivity index (χ0n) is 8.98. The van der Waals surface area contributed by atoms with Gasteiger partial charge in [-0.15, -0.1) is 0 Å². The van der Waals surface area contributed by atoms with Gasteiger partial charge in [0.2, 0.25) is 0 Å². The second kappa shape index (κ2) is 3.24. The first-order chi connectivity index (χ1) is 5.42. The maximum atomic E-state index is 4.08. The summed E-state index contributed by atoms with van der Waals surface area (Å²) in [6.07, 6.45) is 4.09. The molecule has 1 fully saturated rings. The van der Waals surface area contributed by atoms with Crippen LogP contribution in [0.5, 0.6) is 0 Å². The second-order valence-electron chi connectivity index (χ2n) is 5.34. The number of rotatable bonds is 1. The van der Waals surface area contributed by atoms with Crippen LogP contribution >= 0.6 is 0 Å². The molecule has 0 spiro atoms. The van der Waals surface area contributed by atoms with Crippen molar-refractivity contribution in [3.05, 3.63) is 12.2 Å². The van der Waals surface area contributed by atoms with E-state index >= 15 is 0 Å². The van der Waals surface area contributed by atoms with Crippen molar-refractivity contribution in [3.8, 4) is 0 Å². The highest BCUT2D eigenvalue weighted by Gasteiger charge is 2.32.